The molecule has 0 aromatic heterocycles. The Morgan fingerprint density at radius 3 is 2.24 bits per heavy atom. The number of halogens is 1. The Bertz CT molecular complexity index is 437. The summed E-state index contributed by atoms with van der Waals surface area (Å²) in [6.07, 6.45) is 5.41. The van der Waals surface area contributed by atoms with Gasteiger partial charge in [0, 0.05) is 17.5 Å². The summed E-state index contributed by atoms with van der Waals surface area (Å²) in [6, 6.07) is 7.77. The quantitative estimate of drug-likeness (QED) is 0.820. The fourth-order valence-corrected chi connectivity index (χ4v) is 4.22. The lowest BCUT2D eigenvalue weighted by atomic mass is 9.69. The van der Waals surface area contributed by atoms with Gasteiger partial charge in [-0.3, -0.25) is 0 Å². The minimum Gasteiger partial charge on any atom is -0.392 e. The monoisotopic (exact) mass is 309 g/mol. The third-order valence-electron chi connectivity index (χ3n) is 4.97. The highest BCUT2D eigenvalue weighted by Crippen LogP contribution is 2.49. The van der Waals surface area contributed by atoms with E-state index in [0.29, 0.717) is 12.5 Å². The number of aliphatic hydroxyl groups excluding tert-OH is 1. The highest BCUT2D eigenvalue weighted by atomic mass is 35.5. The van der Waals surface area contributed by atoms with Gasteiger partial charge < -0.3 is 10.8 Å². The van der Waals surface area contributed by atoms with Gasteiger partial charge in [0.05, 0.1) is 6.10 Å². The van der Waals surface area contributed by atoms with Gasteiger partial charge in [0.2, 0.25) is 0 Å². The van der Waals surface area contributed by atoms with Crippen molar-refractivity contribution in [2.45, 2.75) is 58.0 Å². The average molecular weight is 310 g/mol. The van der Waals surface area contributed by atoms with Crippen LogP contribution in [0.25, 0.3) is 0 Å². The van der Waals surface area contributed by atoms with Gasteiger partial charge in [-0.25, -0.2) is 0 Å². The molecule has 3 N–H and O–H groups in total. The minimum atomic E-state index is -0.367. The lowest BCUT2D eigenvalue weighted by Crippen LogP contribution is -2.41. The van der Waals surface area contributed by atoms with Crippen molar-refractivity contribution in [3.05, 3.63) is 34.9 Å². The summed E-state index contributed by atoms with van der Waals surface area (Å²) in [6.45, 7) is 4.96. The van der Waals surface area contributed by atoms with Crippen molar-refractivity contribution in [3.8, 4) is 0 Å². The Balaban J connectivity index is 2.24. The van der Waals surface area contributed by atoms with Gasteiger partial charge in [-0.05, 0) is 48.3 Å². The van der Waals surface area contributed by atoms with Crippen molar-refractivity contribution >= 4 is 11.6 Å². The number of aliphatic hydroxyl groups is 1. The summed E-state index contributed by atoms with van der Waals surface area (Å²) < 4.78 is 0. The minimum absolute atomic E-state index is 0.000818. The molecule has 0 radical (unpaired) electrons. The maximum absolute atomic E-state index is 11.1. The van der Waals surface area contributed by atoms with E-state index >= 15 is 0 Å². The molecule has 0 spiro atoms. The summed E-state index contributed by atoms with van der Waals surface area (Å²) in [5, 5.41) is 11.8. The van der Waals surface area contributed by atoms with Crippen LogP contribution < -0.4 is 5.73 Å². The van der Waals surface area contributed by atoms with Crippen LogP contribution >= 0.6 is 11.6 Å². The third kappa shape index (κ3) is 3.80. The molecule has 0 amide bonds. The molecule has 0 aliphatic heterocycles. The first-order valence-electron chi connectivity index (χ1n) is 8.12. The van der Waals surface area contributed by atoms with Gasteiger partial charge in [-0.1, -0.05) is 50.4 Å². The Labute approximate surface area is 133 Å². The van der Waals surface area contributed by atoms with Crippen LogP contribution in [0.5, 0.6) is 0 Å². The van der Waals surface area contributed by atoms with Gasteiger partial charge in [-0.2, -0.15) is 0 Å². The van der Waals surface area contributed by atoms with E-state index in [-0.39, 0.29) is 17.4 Å². The topological polar surface area (TPSA) is 46.2 Å². The lowest BCUT2D eigenvalue weighted by molar-refractivity contribution is -0.00503. The van der Waals surface area contributed by atoms with Crippen molar-refractivity contribution in [1.29, 1.82) is 0 Å². The van der Waals surface area contributed by atoms with Crippen molar-refractivity contribution in [3.63, 3.8) is 0 Å². The maximum Gasteiger partial charge on any atom is 0.0677 e. The molecule has 1 aliphatic carbocycles. The molecule has 1 aliphatic rings. The van der Waals surface area contributed by atoms with Crippen molar-refractivity contribution in [2.75, 3.05) is 6.54 Å². The SMILES string of the molecule is CC(C)CC1(C(O)C(CN)c2ccc(Cl)cc2)CCCC1. The second-order valence-corrected chi connectivity index (χ2v) is 7.44. The van der Waals surface area contributed by atoms with Gasteiger partial charge in [-0.15, -0.1) is 0 Å². The Morgan fingerprint density at radius 2 is 1.76 bits per heavy atom. The standard InChI is InChI=1S/C18H28ClNO/c1-13(2)11-18(9-3-4-10-18)17(21)16(12-20)14-5-7-15(19)8-6-14/h5-8,13,16-17,21H,3-4,9-12,20H2,1-2H3. The first kappa shape index (κ1) is 16.8. The fraction of sp³-hybridized carbons (Fsp3) is 0.667. The normalized spacial score (nSPS) is 20.7. The van der Waals surface area contributed by atoms with E-state index in [4.69, 9.17) is 17.3 Å². The molecule has 1 fully saturated rings. The highest BCUT2D eigenvalue weighted by Gasteiger charge is 2.44. The van der Waals surface area contributed by atoms with E-state index in [1.54, 1.807) is 0 Å². The zero-order chi connectivity index (χ0) is 15.5. The van der Waals surface area contributed by atoms with E-state index in [1.165, 1.54) is 12.8 Å². The molecule has 2 unspecified atom stereocenters. The van der Waals surface area contributed by atoms with E-state index in [2.05, 4.69) is 13.8 Å². The Hall–Kier alpha value is -0.570. The van der Waals surface area contributed by atoms with E-state index < -0.39 is 0 Å². The van der Waals surface area contributed by atoms with Gasteiger partial charge in [0.1, 0.15) is 0 Å². The smallest absolute Gasteiger partial charge is 0.0677 e. The van der Waals surface area contributed by atoms with Crippen molar-refractivity contribution < 1.29 is 5.11 Å². The molecule has 21 heavy (non-hydrogen) atoms. The number of nitrogens with two attached hydrogens (primary N) is 1. The molecule has 1 aromatic rings. The summed E-state index contributed by atoms with van der Waals surface area (Å²) >= 11 is 5.97. The first-order chi connectivity index (χ1) is 9.98. The van der Waals surface area contributed by atoms with Gasteiger partial charge in [0.15, 0.2) is 0 Å². The number of hydrogen-bond donors (Lipinski definition) is 2. The van der Waals surface area contributed by atoms with Crippen LogP contribution in [-0.4, -0.2) is 17.8 Å². The predicted octanol–water partition coefficient (Wildman–Crippen LogP) is 4.35. The van der Waals surface area contributed by atoms with Gasteiger partial charge >= 0.3 is 0 Å². The molecule has 3 heteroatoms. The second kappa shape index (κ2) is 7.13. The lowest BCUT2D eigenvalue weighted by Gasteiger charge is -2.40. The van der Waals surface area contributed by atoms with Crippen LogP contribution in [0.4, 0.5) is 0 Å². The van der Waals surface area contributed by atoms with Crippen LogP contribution in [-0.2, 0) is 0 Å². The number of rotatable bonds is 6. The average Bonchev–Trinajstić information content (AvgIpc) is 2.90. The molecule has 2 rings (SSSR count). The van der Waals surface area contributed by atoms with E-state index in [1.807, 2.05) is 24.3 Å². The molecule has 0 saturated heterocycles. The van der Waals surface area contributed by atoms with Crippen LogP contribution in [0.15, 0.2) is 24.3 Å². The van der Waals surface area contributed by atoms with Gasteiger partial charge in [0.25, 0.3) is 0 Å². The first-order valence-corrected chi connectivity index (χ1v) is 8.50. The Kier molecular flexibility index (Phi) is 5.70. The zero-order valence-electron chi connectivity index (χ0n) is 13.2. The predicted molar refractivity (Wildman–Crippen MR) is 89.6 cm³/mol. The molecule has 0 bridgehead atoms. The van der Waals surface area contributed by atoms with Crippen LogP contribution in [0.2, 0.25) is 5.02 Å². The summed E-state index contributed by atoms with van der Waals surface area (Å²) in [7, 11) is 0. The second-order valence-electron chi connectivity index (χ2n) is 7.01. The molecule has 1 aromatic carbocycles. The fourth-order valence-electron chi connectivity index (χ4n) is 4.10. The maximum atomic E-state index is 11.1. The van der Waals surface area contributed by atoms with E-state index in [0.717, 1.165) is 29.8 Å². The van der Waals surface area contributed by atoms with Crippen molar-refractivity contribution in [2.24, 2.45) is 17.1 Å². The zero-order valence-corrected chi connectivity index (χ0v) is 13.9. The number of benzene rings is 1. The summed E-state index contributed by atoms with van der Waals surface area (Å²) in [5.41, 5.74) is 7.15. The molecular formula is C18H28ClNO. The highest BCUT2D eigenvalue weighted by molar-refractivity contribution is 6.30. The third-order valence-corrected chi connectivity index (χ3v) is 5.23. The van der Waals surface area contributed by atoms with Crippen molar-refractivity contribution in [1.82, 2.24) is 0 Å². The Morgan fingerprint density at radius 1 is 1.19 bits per heavy atom. The van der Waals surface area contributed by atoms with E-state index in [9.17, 15) is 5.11 Å². The van der Waals surface area contributed by atoms with Crippen LogP contribution in [0, 0.1) is 11.3 Å². The molecule has 118 valence electrons. The molecule has 2 nitrogen and oxygen atoms in total. The molecular weight excluding hydrogens is 282 g/mol. The number of hydrogen-bond acceptors (Lipinski definition) is 2. The largest absolute Gasteiger partial charge is 0.392 e. The van der Waals surface area contributed by atoms with Crippen LogP contribution in [0.1, 0.15) is 57.4 Å². The summed E-state index contributed by atoms with van der Waals surface area (Å²) in [5.74, 6) is 0.598. The molecule has 1 saturated carbocycles. The van der Waals surface area contributed by atoms with Crippen LogP contribution in [0.3, 0.4) is 0 Å². The molecule has 0 heterocycles. The summed E-state index contributed by atoms with van der Waals surface area (Å²) in [4.78, 5) is 0. The molecule has 2 atom stereocenters.